The lowest BCUT2D eigenvalue weighted by atomic mass is 10.1. The smallest absolute Gasteiger partial charge is 0.241 e. The van der Waals surface area contributed by atoms with E-state index in [2.05, 4.69) is 15.1 Å². The Morgan fingerprint density at radius 1 is 1.21 bits per heavy atom. The van der Waals surface area contributed by atoms with Crippen molar-refractivity contribution in [1.82, 2.24) is 19.4 Å². The highest BCUT2D eigenvalue weighted by molar-refractivity contribution is 7.88. The second kappa shape index (κ2) is 6.66. The highest BCUT2D eigenvalue weighted by atomic mass is 32.2. The molecule has 0 unspecified atom stereocenters. The normalized spacial score (nSPS) is 12.1. The highest BCUT2D eigenvalue weighted by Gasteiger charge is 2.22. The zero-order valence-electron chi connectivity index (χ0n) is 13.5. The van der Waals surface area contributed by atoms with Crippen LogP contribution in [0.5, 0.6) is 0 Å². The van der Waals surface area contributed by atoms with Crippen LogP contribution >= 0.6 is 0 Å². The zero-order valence-corrected chi connectivity index (χ0v) is 14.3. The maximum atomic E-state index is 12.6. The quantitative estimate of drug-likeness (QED) is 0.679. The molecule has 1 aromatic carbocycles. The Kier molecular flexibility index (Phi) is 4.59. The van der Waals surface area contributed by atoms with Gasteiger partial charge in [0.05, 0.1) is 17.8 Å². The van der Waals surface area contributed by atoms with Crippen LogP contribution in [0.3, 0.4) is 0 Å². The number of hydrogen-bond acceptors (Lipinski definition) is 6. The lowest BCUT2D eigenvalue weighted by Gasteiger charge is -2.15. The van der Waals surface area contributed by atoms with Gasteiger partial charge in [-0.2, -0.15) is 9.29 Å². The molecule has 0 saturated heterocycles. The van der Waals surface area contributed by atoms with Crippen molar-refractivity contribution < 1.29 is 12.9 Å². The lowest BCUT2D eigenvalue weighted by Crippen LogP contribution is -2.28. The van der Waals surface area contributed by atoms with Gasteiger partial charge in [0.15, 0.2) is 5.82 Å². The lowest BCUT2D eigenvalue weighted by molar-refractivity contribution is 0.334. The Morgan fingerprint density at radius 2 is 2.00 bits per heavy atom. The number of hydrogen-bond donors (Lipinski definition) is 0. The highest BCUT2D eigenvalue weighted by Crippen LogP contribution is 2.20. The molecule has 0 N–H and O–H groups in total. The van der Waals surface area contributed by atoms with E-state index in [1.807, 2.05) is 31.2 Å². The number of fused-ring (bicyclic) bond motifs is 1. The van der Waals surface area contributed by atoms with Crippen LogP contribution < -0.4 is 0 Å². The van der Waals surface area contributed by atoms with Crippen LogP contribution in [0.4, 0.5) is 0 Å². The van der Waals surface area contributed by atoms with Gasteiger partial charge in [-0.1, -0.05) is 36.3 Å². The Hall–Kier alpha value is -2.32. The Balaban J connectivity index is 1.81. The number of sulfonamides is 1. The summed E-state index contributed by atoms with van der Waals surface area (Å²) in [6, 6.07) is 9.26. The predicted octanol–water partition coefficient (Wildman–Crippen LogP) is 2.14. The summed E-state index contributed by atoms with van der Waals surface area (Å²) in [7, 11) is -2.03. The van der Waals surface area contributed by atoms with Gasteiger partial charge in [-0.15, -0.1) is 0 Å². The van der Waals surface area contributed by atoms with Gasteiger partial charge >= 0.3 is 0 Å². The van der Waals surface area contributed by atoms with Gasteiger partial charge in [0, 0.05) is 25.1 Å². The molecular formula is C16H18N4O3S. The first-order chi connectivity index (χ1) is 11.5. The van der Waals surface area contributed by atoms with E-state index >= 15 is 0 Å². The number of pyridine rings is 1. The molecular weight excluding hydrogens is 328 g/mol. The number of benzene rings is 1. The van der Waals surface area contributed by atoms with E-state index in [0.717, 1.165) is 5.39 Å². The van der Waals surface area contributed by atoms with Crippen molar-refractivity contribution in [3.8, 4) is 0 Å². The minimum absolute atomic E-state index is 0.0491. The summed E-state index contributed by atoms with van der Waals surface area (Å²) in [6.07, 6.45) is 2.30. The van der Waals surface area contributed by atoms with Gasteiger partial charge in [-0.25, -0.2) is 8.42 Å². The molecule has 0 bridgehead atoms. The van der Waals surface area contributed by atoms with Crippen LogP contribution in [-0.4, -0.2) is 34.9 Å². The molecule has 7 nitrogen and oxygen atoms in total. The van der Waals surface area contributed by atoms with E-state index in [0.29, 0.717) is 23.3 Å². The van der Waals surface area contributed by atoms with Gasteiger partial charge in [0.1, 0.15) is 0 Å². The molecule has 0 aliphatic carbocycles. The number of para-hydroxylation sites is 1. The van der Waals surface area contributed by atoms with Crippen LogP contribution in [0.25, 0.3) is 10.9 Å². The summed E-state index contributed by atoms with van der Waals surface area (Å²) < 4.78 is 31.6. The predicted molar refractivity (Wildman–Crippen MR) is 89.5 cm³/mol. The maximum Gasteiger partial charge on any atom is 0.241 e. The molecule has 2 heterocycles. The number of rotatable bonds is 6. The van der Waals surface area contributed by atoms with Crippen molar-refractivity contribution in [2.45, 2.75) is 25.6 Å². The van der Waals surface area contributed by atoms with Gasteiger partial charge in [-0.05, 0) is 11.6 Å². The van der Waals surface area contributed by atoms with Crippen LogP contribution in [-0.2, 0) is 28.7 Å². The number of nitrogens with zero attached hydrogens (tertiary/aromatic N) is 4. The van der Waals surface area contributed by atoms with E-state index in [1.54, 1.807) is 12.3 Å². The standard InChI is InChI=1S/C16H18N4O3S/c1-3-14-18-15(23-19-14)10-20(2)24(21,22)11-13-7-4-6-12-8-5-9-17-16(12)13/h4-9H,3,10-11H2,1-2H3. The van der Waals surface area contributed by atoms with Crippen molar-refractivity contribution in [1.29, 1.82) is 0 Å². The third kappa shape index (κ3) is 3.44. The first kappa shape index (κ1) is 16.5. The third-order valence-corrected chi connectivity index (χ3v) is 5.47. The van der Waals surface area contributed by atoms with E-state index in [4.69, 9.17) is 4.52 Å². The molecule has 8 heteroatoms. The Labute approximate surface area is 140 Å². The molecule has 0 aliphatic heterocycles. The zero-order chi connectivity index (χ0) is 17.2. The van der Waals surface area contributed by atoms with Gasteiger partial charge < -0.3 is 4.52 Å². The second-order valence-electron chi connectivity index (χ2n) is 5.46. The summed E-state index contributed by atoms with van der Waals surface area (Å²) in [5, 5.41) is 4.69. The summed E-state index contributed by atoms with van der Waals surface area (Å²) in [6.45, 7) is 1.95. The summed E-state index contributed by atoms with van der Waals surface area (Å²) >= 11 is 0. The molecule has 0 atom stereocenters. The first-order valence-electron chi connectivity index (χ1n) is 7.57. The van der Waals surface area contributed by atoms with Gasteiger partial charge in [-0.3, -0.25) is 4.98 Å². The fourth-order valence-corrected chi connectivity index (χ4v) is 3.53. The van der Waals surface area contributed by atoms with Crippen molar-refractivity contribution in [2.75, 3.05) is 7.05 Å². The minimum Gasteiger partial charge on any atom is -0.338 e. The van der Waals surface area contributed by atoms with Gasteiger partial charge in [0.2, 0.25) is 15.9 Å². The van der Waals surface area contributed by atoms with E-state index in [9.17, 15) is 8.42 Å². The first-order valence-corrected chi connectivity index (χ1v) is 9.18. The molecule has 0 spiro atoms. The van der Waals surface area contributed by atoms with Crippen molar-refractivity contribution in [2.24, 2.45) is 0 Å². The minimum atomic E-state index is -3.53. The molecule has 0 radical (unpaired) electrons. The van der Waals surface area contributed by atoms with E-state index in [1.165, 1.54) is 11.4 Å². The summed E-state index contributed by atoms with van der Waals surface area (Å²) in [5.41, 5.74) is 1.36. The van der Waals surface area contributed by atoms with E-state index in [-0.39, 0.29) is 18.2 Å². The summed E-state index contributed by atoms with van der Waals surface area (Å²) in [4.78, 5) is 8.44. The van der Waals surface area contributed by atoms with Crippen LogP contribution in [0.15, 0.2) is 41.1 Å². The van der Waals surface area contributed by atoms with Gasteiger partial charge in [0.25, 0.3) is 0 Å². The molecule has 0 amide bonds. The molecule has 24 heavy (non-hydrogen) atoms. The topological polar surface area (TPSA) is 89.2 Å². The molecule has 3 aromatic rings. The average Bonchev–Trinajstić information content (AvgIpc) is 3.02. The maximum absolute atomic E-state index is 12.6. The summed E-state index contributed by atoms with van der Waals surface area (Å²) in [5.74, 6) is 0.718. The van der Waals surface area contributed by atoms with Crippen LogP contribution in [0.2, 0.25) is 0 Å². The molecule has 126 valence electrons. The number of aryl methyl sites for hydroxylation is 1. The fraction of sp³-hybridized carbons (Fsp3) is 0.312. The SMILES string of the molecule is CCc1noc(CN(C)S(=O)(=O)Cc2cccc3cccnc23)n1. The second-order valence-corrected chi connectivity index (χ2v) is 7.54. The molecule has 3 rings (SSSR count). The average molecular weight is 346 g/mol. The Bertz CT molecular complexity index is 947. The van der Waals surface area contributed by atoms with Crippen LogP contribution in [0, 0.1) is 0 Å². The Morgan fingerprint density at radius 3 is 2.75 bits per heavy atom. The monoisotopic (exact) mass is 346 g/mol. The van der Waals surface area contributed by atoms with Crippen molar-refractivity contribution in [3.05, 3.63) is 53.8 Å². The molecule has 0 saturated carbocycles. The molecule has 0 aliphatic rings. The fourth-order valence-electron chi connectivity index (χ4n) is 2.38. The van der Waals surface area contributed by atoms with E-state index < -0.39 is 10.0 Å². The largest absolute Gasteiger partial charge is 0.338 e. The molecule has 0 fully saturated rings. The van der Waals surface area contributed by atoms with Crippen LogP contribution in [0.1, 0.15) is 24.2 Å². The molecule has 2 aromatic heterocycles. The van der Waals surface area contributed by atoms with Crippen molar-refractivity contribution >= 4 is 20.9 Å². The van der Waals surface area contributed by atoms with Crippen molar-refractivity contribution in [3.63, 3.8) is 0 Å². The number of aromatic nitrogens is 3. The third-order valence-electron chi connectivity index (χ3n) is 3.71.